The van der Waals surface area contributed by atoms with Gasteiger partial charge >= 0.3 is 0 Å². The molecule has 1 amide bonds. The normalized spacial score (nSPS) is 15.3. The van der Waals surface area contributed by atoms with E-state index in [9.17, 15) is 4.79 Å². The summed E-state index contributed by atoms with van der Waals surface area (Å²) >= 11 is 0. The minimum atomic E-state index is 0.0299. The highest BCUT2D eigenvalue weighted by atomic mass is 16.1. The van der Waals surface area contributed by atoms with Crippen LogP contribution in [0.4, 0.5) is 5.69 Å². The van der Waals surface area contributed by atoms with Gasteiger partial charge in [0.25, 0.3) is 0 Å². The lowest BCUT2D eigenvalue weighted by atomic mass is 10.1. The fourth-order valence-corrected chi connectivity index (χ4v) is 3.31. The van der Waals surface area contributed by atoms with E-state index in [1.807, 2.05) is 31.8 Å². The standard InChI is InChI=1S/C17H25N5O/c1-12-14(10-18-21(12)3)8-9-17(23)20-16-11-19-22(13(16)2)15-6-4-5-7-15/h10-11,15H,4-9H2,1-3H3,(H,20,23). The molecule has 1 saturated carbocycles. The molecule has 1 aliphatic rings. The largest absolute Gasteiger partial charge is 0.323 e. The van der Waals surface area contributed by atoms with E-state index in [-0.39, 0.29) is 5.91 Å². The Bertz CT molecular complexity index is 694. The molecule has 2 aromatic rings. The summed E-state index contributed by atoms with van der Waals surface area (Å²) in [6.07, 6.45) is 9.72. The number of nitrogens with zero attached hydrogens (tertiary/aromatic N) is 4. The van der Waals surface area contributed by atoms with Crippen LogP contribution in [0.15, 0.2) is 12.4 Å². The molecule has 2 heterocycles. The summed E-state index contributed by atoms with van der Waals surface area (Å²) in [4.78, 5) is 12.2. The number of carbonyl (C=O) groups is 1. The molecule has 2 aromatic heterocycles. The van der Waals surface area contributed by atoms with Crippen LogP contribution in [0.2, 0.25) is 0 Å². The lowest BCUT2D eigenvalue weighted by molar-refractivity contribution is -0.116. The maximum absolute atomic E-state index is 12.2. The molecule has 6 nitrogen and oxygen atoms in total. The number of aromatic nitrogens is 4. The molecule has 0 spiro atoms. The smallest absolute Gasteiger partial charge is 0.224 e. The third kappa shape index (κ3) is 3.30. The van der Waals surface area contributed by atoms with Crippen LogP contribution < -0.4 is 5.32 Å². The zero-order chi connectivity index (χ0) is 16.4. The summed E-state index contributed by atoms with van der Waals surface area (Å²) in [5.41, 5.74) is 4.14. The van der Waals surface area contributed by atoms with Crippen molar-refractivity contribution in [3.05, 3.63) is 29.3 Å². The molecule has 0 unspecified atom stereocenters. The van der Waals surface area contributed by atoms with E-state index in [1.165, 1.54) is 25.7 Å². The molecule has 0 aliphatic heterocycles. The van der Waals surface area contributed by atoms with Gasteiger partial charge in [0.1, 0.15) is 0 Å². The molecule has 6 heteroatoms. The molecule has 1 N–H and O–H groups in total. The Hall–Kier alpha value is -2.11. The molecule has 1 aliphatic carbocycles. The van der Waals surface area contributed by atoms with Crippen molar-refractivity contribution in [1.82, 2.24) is 19.6 Å². The molecule has 0 atom stereocenters. The zero-order valence-electron chi connectivity index (χ0n) is 14.2. The zero-order valence-corrected chi connectivity index (χ0v) is 14.2. The molecular formula is C17H25N5O. The number of hydrogen-bond acceptors (Lipinski definition) is 3. The Balaban J connectivity index is 1.58. The van der Waals surface area contributed by atoms with Gasteiger partial charge in [-0.15, -0.1) is 0 Å². The van der Waals surface area contributed by atoms with E-state index in [4.69, 9.17) is 0 Å². The van der Waals surface area contributed by atoms with Crippen LogP contribution in [0.25, 0.3) is 0 Å². The number of rotatable bonds is 5. The predicted molar refractivity (Wildman–Crippen MR) is 89.4 cm³/mol. The van der Waals surface area contributed by atoms with Crippen molar-refractivity contribution in [2.24, 2.45) is 7.05 Å². The van der Waals surface area contributed by atoms with E-state index >= 15 is 0 Å². The molecule has 1 fully saturated rings. The Labute approximate surface area is 136 Å². The summed E-state index contributed by atoms with van der Waals surface area (Å²) in [5, 5.41) is 11.7. The van der Waals surface area contributed by atoms with Crippen LogP contribution in [0, 0.1) is 13.8 Å². The summed E-state index contributed by atoms with van der Waals surface area (Å²) < 4.78 is 3.91. The first-order chi connectivity index (χ1) is 11.1. The first-order valence-electron chi connectivity index (χ1n) is 8.37. The van der Waals surface area contributed by atoms with Crippen molar-refractivity contribution in [3.63, 3.8) is 0 Å². The highest BCUT2D eigenvalue weighted by Gasteiger charge is 2.20. The van der Waals surface area contributed by atoms with Gasteiger partial charge in [0.2, 0.25) is 5.91 Å². The summed E-state index contributed by atoms with van der Waals surface area (Å²) in [7, 11) is 1.92. The third-order valence-corrected chi connectivity index (χ3v) is 4.95. The minimum absolute atomic E-state index is 0.0299. The average Bonchev–Trinajstić information content (AvgIpc) is 3.23. The summed E-state index contributed by atoms with van der Waals surface area (Å²) in [6.45, 7) is 4.06. The van der Waals surface area contributed by atoms with E-state index < -0.39 is 0 Å². The van der Waals surface area contributed by atoms with Crippen molar-refractivity contribution in [2.75, 3.05) is 5.32 Å². The fourth-order valence-electron chi connectivity index (χ4n) is 3.31. The number of carbonyl (C=O) groups excluding carboxylic acids is 1. The first-order valence-corrected chi connectivity index (χ1v) is 8.37. The molecule has 0 radical (unpaired) electrons. The molecule has 0 saturated heterocycles. The predicted octanol–water partition coefficient (Wildman–Crippen LogP) is 2.92. The summed E-state index contributed by atoms with van der Waals surface area (Å²) in [6, 6.07) is 0.499. The molecule has 0 bridgehead atoms. The van der Waals surface area contributed by atoms with Gasteiger partial charge in [0.05, 0.1) is 29.8 Å². The number of anilines is 1. The fraction of sp³-hybridized carbons (Fsp3) is 0.588. The monoisotopic (exact) mass is 315 g/mol. The van der Waals surface area contributed by atoms with Gasteiger partial charge in [-0.1, -0.05) is 12.8 Å². The second-order valence-corrected chi connectivity index (χ2v) is 6.45. The first kappa shape index (κ1) is 15.8. The molecule has 3 rings (SSSR count). The van der Waals surface area contributed by atoms with Gasteiger partial charge in [-0.2, -0.15) is 10.2 Å². The molecule has 0 aromatic carbocycles. The van der Waals surface area contributed by atoms with Gasteiger partial charge in [0.15, 0.2) is 0 Å². The highest BCUT2D eigenvalue weighted by Crippen LogP contribution is 2.31. The lowest BCUT2D eigenvalue weighted by Crippen LogP contribution is -2.14. The van der Waals surface area contributed by atoms with Crippen molar-refractivity contribution in [2.45, 2.75) is 58.4 Å². The lowest BCUT2D eigenvalue weighted by Gasteiger charge is -2.12. The number of amides is 1. The molecule has 23 heavy (non-hydrogen) atoms. The Morgan fingerprint density at radius 3 is 2.61 bits per heavy atom. The van der Waals surface area contributed by atoms with Gasteiger partial charge in [-0.25, -0.2) is 0 Å². The maximum atomic E-state index is 12.2. The van der Waals surface area contributed by atoms with Gasteiger partial charge in [-0.3, -0.25) is 14.2 Å². The van der Waals surface area contributed by atoms with Gasteiger partial charge in [-0.05, 0) is 38.7 Å². The van der Waals surface area contributed by atoms with Crippen LogP contribution in [-0.4, -0.2) is 25.5 Å². The second kappa shape index (κ2) is 6.56. The van der Waals surface area contributed by atoms with Crippen LogP contribution in [0.5, 0.6) is 0 Å². The molecular weight excluding hydrogens is 290 g/mol. The topological polar surface area (TPSA) is 64.7 Å². The van der Waals surface area contributed by atoms with Crippen molar-refractivity contribution in [3.8, 4) is 0 Å². The maximum Gasteiger partial charge on any atom is 0.224 e. The van der Waals surface area contributed by atoms with Crippen molar-refractivity contribution in [1.29, 1.82) is 0 Å². The second-order valence-electron chi connectivity index (χ2n) is 6.45. The summed E-state index contributed by atoms with van der Waals surface area (Å²) in [5.74, 6) is 0.0299. The van der Waals surface area contributed by atoms with Crippen molar-refractivity contribution >= 4 is 11.6 Å². The van der Waals surface area contributed by atoms with E-state index in [0.717, 1.165) is 22.6 Å². The number of nitrogens with one attached hydrogen (secondary N) is 1. The van der Waals surface area contributed by atoms with E-state index in [0.29, 0.717) is 18.9 Å². The Morgan fingerprint density at radius 1 is 1.22 bits per heavy atom. The van der Waals surface area contributed by atoms with Crippen LogP contribution in [0.1, 0.15) is 55.1 Å². The minimum Gasteiger partial charge on any atom is -0.323 e. The number of aryl methyl sites for hydroxylation is 2. The van der Waals surface area contributed by atoms with Crippen LogP contribution in [0.3, 0.4) is 0 Å². The van der Waals surface area contributed by atoms with E-state index in [2.05, 4.69) is 20.2 Å². The molecule has 124 valence electrons. The third-order valence-electron chi connectivity index (χ3n) is 4.95. The SMILES string of the molecule is Cc1c(CCC(=O)Nc2cnn(C3CCCC3)c2C)cnn1C. The Morgan fingerprint density at radius 2 is 1.96 bits per heavy atom. The Kier molecular flexibility index (Phi) is 4.50. The average molecular weight is 315 g/mol. The van der Waals surface area contributed by atoms with Gasteiger partial charge < -0.3 is 5.32 Å². The van der Waals surface area contributed by atoms with Crippen molar-refractivity contribution < 1.29 is 4.79 Å². The highest BCUT2D eigenvalue weighted by molar-refractivity contribution is 5.91. The van der Waals surface area contributed by atoms with Crippen LogP contribution >= 0.6 is 0 Å². The van der Waals surface area contributed by atoms with E-state index in [1.54, 1.807) is 6.20 Å². The number of hydrogen-bond donors (Lipinski definition) is 1. The quantitative estimate of drug-likeness (QED) is 0.922. The van der Waals surface area contributed by atoms with Crippen LogP contribution in [-0.2, 0) is 18.3 Å². The van der Waals surface area contributed by atoms with Gasteiger partial charge in [0, 0.05) is 19.2 Å².